The fourth-order valence-electron chi connectivity index (χ4n) is 2.25. The van der Waals surface area contributed by atoms with Gasteiger partial charge in [-0.05, 0) is 31.0 Å². The Bertz CT molecular complexity index is 445. The molecule has 5 heteroatoms. The highest BCUT2D eigenvalue weighted by Gasteiger charge is 2.19. The Kier molecular flexibility index (Phi) is 4.43. The van der Waals surface area contributed by atoms with Crippen LogP contribution in [0.2, 0.25) is 5.02 Å². The molecule has 2 rings (SSSR count). The van der Waals surface area contributed by atoms with Crippen LogP contribution in [0.4, 0.5) is 5.69 Å². The van der Waals surface area contributed by atoms with Crippen molar-refractivity contribution < 1.29 is 4.74 Å². The lowest BCUT2D eigenvalue weighted by Gasteiger charge is -2.33. The lowest BCUT2D eigenvalue weighted by atomic mass is 10.1. The number of thiocarbonyl (C=S) groups is 1. The maximum atomic E-state index is 6.18. The molecule has 1 fully saturated rings. The number of hydrogen-bond donors (Lipinski definition) is 1. The van der Waals surface area contributed by atoms with E-state index in [-0.39, 0.29) is 0 Å². The Morgan fingerprint density at radius 2 is 2.11 bits per heavy atom. The number of benzene rings is 1. The first kappa shape index (κ1) is 13.6. The summed E-state index contributed by atoms with van der Waals surface area (Å²) in [6.07, 6.45) is 2.48. The summed E-state index contributed by atoms with van der Waals surface area (Å²) in [7, 11) is 1.77. The molecular weight excluding hydrogens is 268 g/mol. The molecule has 0 aliphatic carbocycles. The minimum absolute atomic E-state index is 0.338. The molecule has 1 aliphatic heterocycles. The zero-order valence-electron chi connectivity index (χ0n) is 10.4. The first-order chi connectivity index (χ1) is 8.61. The monoisotopic (exact) mass is 284 g/mol. The molecule has 18 heavy (non-hydrogen) atoms. The molecule has 1 saturated heterocycles. The molecule has 1 aromatic rings. The third-order valence-corrected chi connectivity index (χ3v) is 3.89. The van der Waals surface area contributed by atoms with Crippen LogP contribution >= 0.6 is 23.8 Å². The second kappa shape index (κ2) is 5.87. The normalized spacial score (nSPS) is 16.9. The minimum Gasteiger partial charge on any atom is -0.389 e. The quantitative estimate of drug-likeness (QED) is 0.866. The Morgan fingerprint density at radius 1 is 1.44 bits per heavy atom. The molecule has 0 unspecified atom stereocenters. The zero-order chi connectivity index (χ0) is 13.1. The van der Waals surface area contributed by atoms with E-state index in [1.165, 1.54) is 0 Å². The Labute approximate surface area is 118 Å². The molecule has 0 amide bonds. The number of piperidine rings is 1. The molecule has 2 N–H and O–H groups in total. The van der Waals surface area contributed by atoms with Gasteiger partial charge < -0.3 is 15.4 Å². The van der Waals surface area contributed by atoms with Gasteiger partial charge in [-0.3, -0.25) is 0 Å². The van der Waals surface area contributed by atoms with Gasteiger partial charge in [0.15, 0.2) is 0 Å². The van der Waals surface area contributed by atoms with Crippen LogP contribution in [0, 0.1) is 0 Å². The maximum Gasteiger partial charge on any atom is 0.105 e. The highest BCUT2D eigenvalue weighted by atomic mass is 35.5. The fourth-order valence-corrected chi connectivity index (χ4v) is 2.76. The summed E-state index contributed by atoms with van der Waals surface area (Å²) >= 11 is 11.1. The fraction of sp³-hybridized carbons (Fsp3) is 0.462. The Balaban J connectivity index is 2.11. The summed E-state index contributed by atoms with van der Waals surface area (Å²) in [4.78, 5) is 2.65. The van der Waals surface area contributed by atoms with E-state index in [0.29, 0.717) is 16.1 Å². The van der Waals surface area contributed by atoms with Gasteiger partial charge in [-0.25, -0.2) is 0 Å². The van der Waals surface area contributed by atoms with Crippen molar-refractivity contribution in [3.05, 3.63) is 28.8 Å². The van der Waals surface area contributed by atoms with Gasteiger partial charge in [-0.1, -0.05) is 23.8 Å². The van der Waals surface area contributed by atoms with Crippen molar-refractivity contribution in [2.45, 2.75) is 18.9 Å². The molecule has 0 saturated carbocycles. The highest BCUT2D eigenvalue weighted by Crippen LogP contribution is 2.26. The van der Waals surface area contributed by atoms with Crippen LogP contribution in [-0.4, -0.2) is 31.3 Å². The number of nitrogens with two attached hydrogens (primary N) is 1. The zero-order valence-corrected chi connectivity index (χ0v) is 11.9. The second-order valence-electron chi connectivity index (χ2n) is 4.45. The van der Waals surface area contributed by atoms with Crippen molar-refractivity contribution in [3.8, 4) is 0 Å². The molecule has 1 aliphatic rings. The SMILES string of the molecule is COC1CCN(c2ccc(C(N)=S)c(Cl)c2)CC1. The predicted molar refractivity (Wildman–Crippen MR) is 79.6 cm³/mol. The second-order valence-corrected chi connectivity index (χ2v) is 5.30. The van der Waals surface area contributed by atoms with Crippen molar-refractivity contribution in [1.29, 1.82) is 0 Å². The van der Waals surface area contributed by atoms with Crippen LogP contribution in [0.5, 0.6) is 0 Å². The van der Waals surface area contributed by atoms with Gasteiger partial charge in [0.1, 0.15) is 4.99 Å². The number of ether oxygens (including phenoxy) is 1. The van der Waals surface area contributed by atoms with Crippen LogP contribution in [-0.2, 0) is 4.74 Å². The summed E-state index contributed by atoms with van der Waals surface area (Å²) in [6, 6.07) is 5.85. The van der Waals surface area contributed by atoms with Gasteiger partial charge >= 0.3 is 0 Å². The smallest absolute Gasteiger partial charge is 0.105 e. The van der Waals surface area contributed by atoms with E-state index in [2.05, 4.69) is 4.90 Å². The van der Waals surface area contributed by atoms with E-state index in [9.17, 15) is 0 Å². The first-order valence-corrected chi connectivity index (χ1v) is 6.77. The molecule has 1 heterocycles. The summed E-state index contributed by atoms with van der Waals surface area (Å²) in [5, 5.41) is 0.619. The molecular formula is C13H17ClN2OS. The topological polar surface area (TPSA) is 38.5 Å². The summed E-state index contributed by atoms with van der Waals surface area (Å²) in [5.74, 6) is 0. The summed E-state index contributed by atoms with van der Waals surface area (Å²) < 4.78 is 5.36. The molecule has 98 valence electrons. The van der Waals surface area contributed by atoms with Crippen molar-refractivity contribution in [1.82, 2.24) is 0 Å². The number of hydrogen-bond acceptors (Lipinski definition) is 3. The maximum absolute atomic E-state index is 6.18. The molecule has 3 nitrogen and oxygen atoms in total. The van der Waals surface area contributed by atoms with E-state index in [1.807, 2.05) is 18.2 Å². The summed E-state index contributed by atoms with van der Waals surface area (Å²) in [5.41, 5.74) is 7.45. The third kappa shape index (κ3) is 2.94. The average Bonchev–Trinajstić information content (AvgIpc) is 2.38. The van der Waals surface area contributed by atoms with Crippen molar-refractivity contribution in [2.24, 2.45) is 5.73 Å². The van der Waals surface area contributed by atoms with Crippen LogP contribution in [0.25, 0.3) is 0 Å². The lowest BCUT2D eigenvalue weighted by molar-refractivity contribution is 0.0819. The van der Waals surface area contributed by atoms with E-state index < -0.39 is 0 Å². The number of rotatable bonds is 3. The standard InChI is InChI=1S/C13H17ClN2OS/c1-17-10-4-6-16(7-5-10)9-2-3-11(13(15)18)12(14)8-9/h2-3,8,10H,4-7H2,1H3,(H2,15,18). The van der Waals surface area contributed by atoms with E-state index in [4.69, 9.17) is 34.3 Å². The van der Waals surface area contributed by atoms with Crippen LogP contribution in [0.1, 0.15) is 18.4 Å². The number of nitrogens with zero attached hydrogens (tertiary/aromatic N) is 1. The first-order valence-electron chi connectivity index (χ1n) is 5.99. The van der Waals surface area contributed by atoms with Crippen molar-refractivity contribution >= 4 is 34.5 Å². The third-order valence-electron chi connectivity index (χ3n) is 3.36. The minimum atomic E-state index is 0.338. The van der Waals surface area contributed by atoms with E-state index in [0.717, 1.165) is 37.2 Å². The lowest BCUT2D eigenvalue weighted by Crippen LogP contribution is -2.36. The van der Waals surface area contributed by atoms with E-state index >= 15 is 0 Å². The van der Waals surface area contributed by atoms with Gasteiger partial charge in [0.25, 0.3) is 0 Å². The Hall–Kier alpha value is -0.840. The highest BCUT2D eigenvalue weighted by molar-refractivity contribution is 7.80. The van der Waals surface area contributed by atoms with Gasteiger partial charge in [-0.2, -0.15) is 0 Å². The molecule has 1 aromatic carbocycles. The van der Waals surface area contributed by atoms with E-state index in [1.54, 1.807) is 7.11 Å². The molecule has 0 atom stereocenters. The summed E-state index contributed by atoms with van der Waals surface area (Å²) in [6.45, 7) is 1.97. The van der Waals surface area contributed by atoms with Gasteiger partial charge in [-0.15, -0.1) is 0 Å². The van der Waals surface area contributed by atoms with Crippen molar-refractivity contribution in [2.75, 3.05) is 25.1 Å². The largest absolute Gasteiger partial charge is 0.389 e. The van der Waals surface area contributed by atoms with Crippen LogP contribution in [0.3, 0.4) is 0 Å². The predicted octanol–water partition coefficient (Wildman–Crippen LogP) is 2.59. The molecule has 0 bridgehead atoms. The molecule has 0 radical (unpaired) electrons. The molecule has 0 aromatic heterocycles. The van der Waals surface area contributed by atoms with Gasteiger partial charge in [0.05, 0.1) is 11.1 Å². The Morgan fingerprint density at radius 3 is 2.61 bits per heavy atom. The van der Waals surface area contributed by atoms with Crippen molar-refractivity contribution in [3.63, 3.8) is 0 Å². The number of methoxy groups -OCH3 is 1. The average molecular weight is 285 g/mol. The molecule has 0 spiro atoms. The van der Waals surface area contributed by atoms with Crippen LogP contribution in [0.15, 0.2) is 18.2 Å². The van der Waals surface area contributed by atoms with Crippen LogP contribution < -0.4 is 10.6 Å². The van der Waals surface area contributed by atoms with Gasteiger partial charge in [0.2, 0.25) is 0 Å². The number of halogens is 1. The van der Waals surface area contributed by atoms with Gasteiger partial charge in [0, 0.05) is 31.5 Å². The number of anilines is 1.